The SMILES string of the molecule is CCOc1cccc(N)c1C(=O)NCc1ccc(CC)s1. The van der Waals surface area contributed by atoms with Crippen LogP contribution in [0.25, 0.3) is 0 Å². The molecule has 0 aliphatic heterocycles. The molecule has 1 aromatic carbocycles. The van der Waals surface area contributed by atoms with Gasteiger partial charge in [-0.1, -0.05) is 13.0 Å². The number of carbonyl (C=O) groups excluding carboxylic acids is 1. The maximum atomic E-state index is 12.3. The van der Waals surface area contributed by atoms with E-state index in [0.29, 0.717) is 30.2 Å². The zero-order chi connectivity index (χ0) is 15.2. The van der Waals surface area contributed by atoms with Crippen molar-refractivity contribution in [3.05, 3.63) is 45.6 Å². The highest BCUT2D eigenvalue weighted by Gasteiger charge is 2.16. The van der Waals surface area contributed by atoms with Crippen molar-refractivity contribution in [3.8, 4) is 5.75 Å². The fourth-order valence-corrected chi connectivity index (χ4v) is 2.93. The molecule has 4 nitrogen and oxygen atoms in total. The second kappa shape index (κ2) is 7.13. The van der Waals surface area contributed by atoms with Crippen LogP contribution in [0.2, 0.25) is 0 Å². The van der Waals surface area contributed by atoms with Crippen LogP contribution < -0.4 is 15.8 Å². The first-order valence-corrected chi connectivity index (χ1v) is 7.84. The summed E-state index contributed by atoms with van der Waals surface area (Å²) >= 11 is 1.71. The van der Waals surface area contributed by atoms with Gasteiger partial charge in [-0.2, -0.15) is 0 Å². The molecule has 0 saturated carbocycles. The smallest absolute Gasteiger partial charge is 0.257 e. The van der Waals surface area contributed by atoms with Gasteiger partial charge in [0, 0.05) is 15.4 Å². The number of aryl methyl sites for hydroxylation is 1. The van der Waals surface area contributed by atoms with Crippen molar-refractivity contribution in [3.63, 3.8) is 0 Å². The molecular weight excluding hydrogens is 284 g/mol. The second-order valence-corrected chi connectivity index (χ2v) is 5.81. The summed E-state index contributed by atoms with van der Waals surface area (Å²) in [4.78, 5) is 14.8. The lowest BCUT2D eigenvalue weighted by atomic mass is 10.1. The predicted molar refractivity (Wildman–Crippen MR) is 86.9 cm³/mol. The van der Waals surface area contributed by atoms with E-state index in [1.54, 1.807) is 29.5 Å². The first kappa shape index (κ1) is 15.4. The number of nitrogens with one attached hydrogen (secondary N) is 1. The average Bonchev–Trinajstić information content (AvgIpc) is 2.93. The number of hydrogen-bond donors (Lipinski definition) is 2. The van der Waals surface area contributed by atoms with Crippen LogP contribution in [0.3, 0.4) is 0 Å². The summed E-state index contributed by atoms with van der Waals surface area (Å²) in [6.45, 7) is 4.99. The van der Waals surface area contributed by atoms with Gasteiger partial charge in [-0.15, -0.1) is 11.3 Å². The Morgan fingerprint density at radius 2 is 2.00 bits per heavy atom. The highest BCUT2D eigenvalue weighted by Crippen LogP contribution is 2.24. The van der Waals surface area contributed by atoms with E-state index in [2.05, 4.69) is 18.3 Å². The minimum atomic E-state index is -0.206. The predicted octanol–water partition coefficient (Wildman–Crippen LogP) is 3.22. The van der Waals surface area contributed by atoms with Crippen LogP contribution in [0.1, 0.15) is 34.0 Å². The Kier molecular flexibility index (Phi) is 5.22. The van der Waals surface area contributed by atoms with Crippen molar-refractivity contribution >= 4 is 22.9 Å². The molecule has 0 aliphatic rings. The third kappa shape index (κ3) is 3.76. The molecule has 0 saturated heterocycles. The van der Waals surface area contributed by atoms with E-state index in [1.165, 1.54) is 4.88 Å². The molecule has 2 rings (SSSR count). The summed E-state index contributed by atoms with van der Waals surface area (Å²) in [6, 6.07) is 9.38. The molecule has 0 unspecified atom stereocenters. The Balaban J connectivity index is 2.09. The van der Waals surface area contributed by atoms with E-state index >= 15 is 0 Å². The monoisotopic (exact) mass is 304 g/mol. The summed E-state index contributed by atoms with van der Waals surface area (Å²) in [5.74, 6) is 0.318. The van der Waals surface area contributed by atoms with Gasteiger partial charge in [0.05, 0.1) is 13.2 Å². The Morgan fingerprint density at radius 3 is 2.67 bits per heavy atom. The van der Waals surface area contributed by atoms with E-state index < -0.39 is 0 Å². The Bertz CT molecular complexity index is 622. The van der Waals surface area contributed by atoms with Gasteiger partial charge in [0.15, 0.2) is 0 Å². The highest BCUT2D eigenvalue weighted by molar-refractivity contribution is 7.11. The van der Waals surface area contributed by atoms with Crippen LogP contribution in [0, 0.1) is 0 Å². The van der Waals surface area contributed by atoms with Gasteiger partial charge in [0.1, 0.15) is 11.3 Å². The molecular formula is C16H20N2O2S. The maximum absolute atomic E-state index is 12.3. The standard InChI is InChI=1S/C16H20N2O2S/c1-3-11-8-9-12(21-11)10-18-16(19)15-13(17)6-5-7-14(15)20-4-2/h5-9H,3-4,10,17H2,1-2H3,(H,18,19). The van der Waals surface area contributed by atoms with Crippen molar-refractivity contribution < 1.29 is 9.53 Å². The van der Waals surface area contributed by atoms with E-state index in [9.17, 15) is 4.79 Å². The van der Waals surface area contributed by atoms with Crippen LogP contribution in [-0.4, -0.2) is 12.5 Å². The molecule has 0 bridgehead atoms. The molecule has 0 radical (unpaired) electrons. The lowest BCUT2D eigenvalue weighted by Gasteiger charge is -2.12. The fraction of sp³-hybridized carbons (Fsp3) is 0.312. The molecule has 1 heterocycles. The van der Waals surface area contributed by atoms with Crippen molar-refractivity contribution in [2.75, 3.05) is 12.3 Å². The van der Waals surface area contributed by atoms with Crippen molar-refractivity contribution in [2.24, 2.45) is 0 Å². The van der Waals surface area contributed by atoms with Crippen molar-refractivity contribution in [1.29, 1.82) is 0 Å². The molecule has 0 atom stereocenters. The molecule has 112 valence electrons. The topological polar surface area (TPSA) is 64.3 Å². The van der Waals surface area contributed by atoms with Crippen molar-refractivity contribution in [2.45, 2.75) is 26.8 Å². The Labute approximate surface area is 128 Å². The number of hydrogen-bond acceptors (Lipinski definition) is 4. The van der Waals surface area contributed by atoms with Crippen LogP contribution >= 0.6 is 11.3 Å². The lowest BCUT2D eigenvalue weighted by molar-refractivity contribution is 0.0948. The quantitative estimate of drug-likeness (QED) is 0.805. The van der Waals surface area contributed by atoms with Crippen LogP contribution in [0.15, 0.2) is 30.3 Å². The van der Waals surface area contributed by atoms with Crippen LogP contribution in [0.4, 0.5) is 5.69 Å². The van der Waals surface area contributed by atoms with Crippen molar-refractivity contribution in [1.82, 2.24) is 5.32 Å². The average molecular weight is 304 g/mol. The number of nitrogen functional groups attached to an aromatic ring is 1. The molecule has 0 fully saturated rings. The third-order valence-corrected chi connectivity index (χ3v) is 4.30. The zero-order valence-electron chi connectivity index (χ0n) is 12.3. The second-order valence-electron chi connectivity index (χ2n) is 4.56. The first-order chi connectivity index (χ1) is 10.2. The van der Waals surface area contributed by atoms with E-state index in [1.807, 2.05) is 13.0 Å². The number of benzene rings is 1. The number of amides is 1. The summed E-state index contributed by atoms with van der Waals surface area (Å²) in [5.41, 5.74) is 6.75. The molecule has 0 spiro atoms. The van der Waals surface area contributed by atoms with Gasteiger partial charge < -0.3 is 15.8 Å². The number of nitrogens with two attached hydrogens (primary N) is 1. The number of thiophene rings is 1. The minimum Gasteiger partial charge on any atom is -0.493 e. The molecule has 21 heavy (non-hydrogen) atoms. The summed E-state index contributed by atoms with van der Waals surface area (Å²) in [7, 11) is 0. The highest BCUT2D eigenvalue weighted by atomic mass is 32.1. The number of ether oxygens (including phenoxy) is 1. The van der Waals surface area contributed by atoms with Gasteiger partial charge in [-0.05, 0) is 37.6 Å². The number of carbonyl (C=O) groups is 1. The van der Waals surface area contributed by atoms with Gasteiger partial charge >= 0.3 is 0 Å². The molecule has 5 heteroatoms. The Hall–Kier alpha value is -2.01. The van der Waals surface area contributed by atoms with Crippen LogP contribution in [0.5, 0.6) is 5.75 Å². The van der Waals surface area contributed by atoms with Gasteiger partial charge in [-0.25, -0.2) is 0 Å². The van der Waals surface area contributed by atoms with Gasteiger partial charge in [0.25, 0.3) is 5.91 Å². The fourth-order valence-electron chi connectivity index (χ4n) is 2.03. The minimum absolute atomic E-state index is 0.206. The zero-order valence-corrected chi connectivity index (χ0v) is 13.1. The molecule has 2 aromatic rings. The normalized spacial score (nSPS) is 10.4. The van der Waals surface area contributed by atoms with Gasteiger partial charge in [-0.3, -0.25) is 4.79 Å². The summed E-state index contributed by atoms with van der Waals surface area (Å²) in [6.07, 6.45) is 1.01. The largest absolute Gasteiger partial charge is 0.493 e. The molecule has 0 aliphatic carbocycles. The maximum Gasteiger partial charge on any atom is 0.257 e. The molecule has 1 aromatic heterocycles. The molecule has 3 N–H and O–H groups in total. The summed E-state index contributed by atoms with van der Waals surface area (Å²) < 4.78 is 5.47. The van der Waals surface area contributed by atoms with E-state index in [0.717, 1.165) is 11.3 Å². The number of rotatable bonds is 6. The van der Waals surface area contributed by atoms with E-state index in [-0.39, 0.29) is 5.91 Å². The third-order valence-electron chi connectivity index (χ3n) is 3.07. The summed E-state index contributed by atoms with van der Waals surface area (Å²) in [5, 5.41) is 2.90. The lowest BCUT2D eigenvalue weighted by Crippen LogP contribution is -2.24. The van der Waals surface area contributed by atoms with Crippen LogP contribution in [-0.2, 0) is 13.0 Å². The first-order valence-electron chi connectivity index (χ1n) is 7.02. The Morgan fingerprint density at radius 1 is 1.24 bits per heavy atom. The van der Waals surface area contributed by atoms with E-state index in [4.69, 9.17) is 10.5 Å². The van der Waals surface area contributed by atoms with Gasteiger partial charge in [0.2, 0.25) is 0 Å². The molecule has 1 amide bonds. The number of anilines is 1.